The van der Waals surface area contributed by atoms with Crippen molar-refractivity contribution in [2.24, 2.45) is 14.1 Å². The van der Waals surface area contributed by atoms with Gasteiger partial charge in [0.2, 0.25) is 0 Å². The Morgan fingerprint density at radius 3 is 2.42 bits per heavy atom. The van der Waals surface area contributed by atoms with Crippen LogP contribution >= 0.6 is 0 Å². The number of halogens is 1. The van der Waals surface area contributed by atoms with Crippen LogP contribution in [-0.4, -0.2) is 53.0 Å². The van der Waals surface area contributed by atoms with Crippen LogP contribution in [0.1, 0.15) is 19.3 Å². The zero-order chi connectivity index (χ0) is 22.9. The number of alkyl halides is 1. The van der Waals surface area contributed by atoms with Gasteiger partial charge in [-0.2, -0.15) is 10.2 Å². The monoisotopic (exact) mass is 447 g/mol. The van der Waals surface area contributed by atoms with E-state index < -0.39 is 18.3 Å². The number of aliphatic hydroxyl groups excluding tert-OH is 1. The first-order valence-corrected chi connectivity index (χ1v) is 11.0. The highest BCUT2D eigenvalue weighted by Crippen LogP contribution is 2.32. The van der Waals surface area contributed by atoms with Crippen molar-refractivity contribution in [3.8, 4) is 33.6 Å². The van der Waals surface area contributed by atoms with E-state index >= 15 is 0 Å². The summed E-state index contributed by atoms with van der Waals surface area (Å²) in [5.74, 6) is 1.09. The van der Waals surface area contributed by atoms with Gasteiger partial charge < -0.3 is 10.4 Å². The molecule has 1 saturated carbocycles. The van der Waals surface area contributed by atoms with Crippen LogP contribution < -0.4 is 5.32 Å². The molecule has 33 heavy (non-hydrogen) atoms. The van der Waals surface area contributed by atoms with Crippen molar-refractivity contribution in [3.63, 3.8) is 0 Å². The van der Waals surface area contributed by atoms with Crippen LogP contribution in [0, 0.1) is 0 Å². The molecule has 0 spiro atoms. The minimum absolute atomic E-state index is 0.380. The van der Waals surface area contributed by atoms with Gasteiger partial charge in [0.05, 0.1) is 18.4 Å². The number of benzene rings is 1. The molecule has 170 valence electrons. The van der Waals surface area contributed by atoms with Gasteiger partial charge >= 0.3 is 0 Å². The molecule has 3 unspecified atom stereocenters. The Bertz CT molecular complexity index is 1270. The molecule has 9 heteroatoms. The minimum atomic E-state index is -1.24. The first-order valence-electron chi connectivity index (χ1n) is 11.0. The topological polar surface area (TPSA) is 93.7 Å². The standard InChI is InChI=1S/C24H26FN7O/c1-31-13-17(10-27-31)15-5-3-6-16(9-15)23-26-12-19(18-11-28-32(2)14-18)24(30-23)29-21-8-4-7-20(25)22(21)33/h3,5-6,9-14,20-22,33H,4,7-8H2,1-2H3,(H,26,29,30). The van der Waals surface area contributed by atoms with Gasteiger partial charge in [0.25, 0.3) is 0 Å². The first kappa shape index (κ1) is 21.3. The molecule has 0 radical (unpaired) electrons. The molecule has 4 aromatic rings. The van der Waals surface area contributed by atoms with E-state index in [1.165, 1.54) is 0 Å². The van der Waals surface area contributed by atoms with Crippen LogP contribution in [0.4, 0.5) is 10.2 Å². The van der Waals surface area contributed by atoms with Gasteiger partial charge in [-0.1, -0.05) is 18.2 Å². The van der Waals surface area contributed by atoms with Gasteiger partial charge in [-0.25, -0.2) is 14.4 Å². The maximum absolute atomic E-state index is 14.2. The molecule has 1 aliphatic carbocycles. The Morgan fingerprint density at radius 1 is 0.970 bits per heavy atom. The zero-order valence-electron chi connectivity index (χ0n) is 18.6. The molecule has 2 N–H and O–H groups in total. The number of aliphatic hydroxyl groups is 1. The number of nitrogens with one attached hydrogen (secondary N) is 1. The number of nitrogens with zero attached hydrogens (tertiary/aromatic N) is 6. The van der Waals surface area contributed by atoms with Crippen molar-refractivity contribution in [2.75, 3.05) is 5.32 Å². The van der Waals surface area contributed by atoms with E-state index in [-0.39, 0.29) is 0 Å². The van der Waals surface area contributed by atoms with E-state index in [0.29, 0.717) is 30.9 Å². The SMILES string of the molecule is Cn1cc(-c2cccc(-c3ncc(-c4cnn(C)c4)c(NC4CCCC(F)C4O)n3)c2)cn1. The normalized spacial score (nSPS) is 20.7. The molecular weight excluding hydrogens is 421 g/mol. The summed E-state index contributed by atoms with van der Waals surface area (Å²) in [6.45, 7) is 0. The third kappa shape index (κ3) is 4.36. The number of hydrogen-bond donors (Lipinski definition) is 2. The lowest BCUT2D eigenvalue weighted by atomic mass is 9.91. The minimum Gasteiger partial charge on any atom is -0.388 e. The second-order valence-electron chi connectivity index (χ2n) is 8.53. The largest absolute Gasteiger partial charge is 0.388 e. The number of anilines is 1. The van der Waals surface area contributed by atoms with Crippen molar-refractivity contribution < 1.29 is 9.50 Å². The van der Waals surface area contributed by atoms with E-state index in [9.17, 15) is 9.50 Å². The number of aryl methyl sites for hydroxylation is 2. The van der Waals surface area contributed by atoms with E-state index in [4.69, 9.17) is 4.98 Å². The summed E-state index contributed by atoms with van der Waals surface area (Å²) in [5.41, 5.74) is 4.47. The van der Waals surface area contributed by atoms with Crippen LogP contribution in [0.2, 0.25) is 0 Å². The van der Waals surface area contributed by atoms with Gasteiger partial charge in [0.1, 0.15) is 18.1 Å². The summed E-state index contributed by atoms with van der Waals surface area (Å²) >= 11 is 0. The van der Waals surface area contributed by atoms with Crippen molar-refractivity contribution in [1.82, 2.24) is 29.5 Å². The van der Waals surface area contributed by atoms with Crippen molar-refractivity contribution >= 4 is 5.82 Å². The van der Waals surface area contributed by atoms with Gasteiger partial charge in [-0.05, 0) is 30.9 Å². The molecular formula is C24H26FN7O. The molecule has 8 nitrogen and oxygen atoms in total. The third-order valence-corrected chi connectivity index (χ3v) is 6.06. The molecule has 0 saturated heterocycles. The summed E-state index contributed by atoms with van der Waals surface area (Å²) in [5, 5.41) is 22.2. The fraction of sp³-hybridized carbons (Fsp3) is 0.333. The predicted molar refractivity (Wildman–Crippen MR) is 124 cm³/mol. The Labute approximate surface area is 191 Å². The summed E-state index contributed by atoms with van der Waals surface area (Å²) in [6, 6.07) is 7.53. The van der Waals surface area contributed by atoms with Gasteiger partial charge in [0, 0.05) is 54.9 Å². The second kappa shape index (κ2) is 8.74. The molecule has 1 aromatic carbocycles. The molecule has 1 fully saturated rings. The van der Waals surface area contributed by atoms with Crippen molar-refractivity contribution in [2.45, 2.75) is 37.6 Å². The highest BCUT2D eigenvalue weighted by atomic mass is 19.1. The maximum atomic E-state index is 14.2. The molecule has 0 bridgehead atoms. The van der Waals surface area contributed by atoms with E-state index in [1.807, 2.05) is 57.0 Å². The fourth-order valence-corrected chi connectivity index (χ4v) is 4.27. The number of hydrogen-bond acceptors (Lipinski definition) is 6. The number of rotatable bonds is 5. The Hall–Kier alpha value is -3.59. The lowest BCUT2D eigenvalue weighted by molar-refractivity contribution is 0.0342. The molecule has 1 aliphatic rings. The first-order chi connectivity index (χ1) is 16.0. The summed E-state index contributed by atoms with van der Waals surface area (Å²) in [6.07, 6.45) is 8.58. The Morgan fingerprint density at radius 2 is 1.70 bits per heavy atom. The number of aromatic nitrogens is 6. The highest BCUT2D eigenvalue weighted by Gasteiger charge is 2.32. The van der Waals surface area contributed by atoms with Crippen LogP contribution in [0.5, 0.6) is 0 Å². The summed E-state index contributed by atoms with van der Waals surface area (Å²) in [7, 11) is 3.72. The van der Waals surface area contributed by atoms with Gasteiger partial charge in [-0.3, -0.25) is 9.36 Å². The summed E-state index contributed by atoms with van der Waals surface area (Å²) in [4.78, 5) is 9.43. The predicted octanol–water partition coefficient (Wildman–Crippen LogP) is 3.61. The van der Waals surface area contributed by atoms with E-state index in [0.717, 1.165) is 27.8 Å². The van der Waals surface area contributed by atoms with Crippen LogP contribution in [0.25, 0.3) is 33.6 Å². The van der Waals surface area contributed by atoms with Gasteiger partial charge in [0.15, 0.2) is 5.82 Å². The second-order valence-corrected chi connectivity index (χ2v) is 8.53. The third-order valence-electron chi connectivity index (χ3n) is 6.06. The van der Waals surface area contributed by atoms with Crippen LogP contribution in [0.15, 0.2) is 55.2 Å². The Kier molecular flexibility index (Phi) is 5.63. The van der Waals surface area contributed by atoms with Crippen molar-refractivity contribution in [1.29, 1.82) is 0 Å². The van der Waals surface area contributed by atoms with Gasteiger partial charge in [-0.15, -0.1) is 0 Å². The summed E-state index contributed by atoms with van der Waals surface area (Å²) < 4.78 is 17.6. The van der Waals surface area contributed by atoms with Crippen molar-refractivity contribution in [3.05, 3.63) is 55.2 Å². The molecule has 0 amide bonds. The maximum Gasteiger partial charge on any atom is 0.161 e. The molecule has 3 aromatic heterocycles. The average molecular weight is 448 g/mol. The fourth-order valence-electron chi connectivity index (χ4n) is 4.27. The lowest BCUT2D eigenvalue weighted by Gasteiger charge is -2.31. The molecule has 5 rings (SSSR count). The quantitative estimate of drug-likeness (QED) is 0.486. The lowest BCUT2D eigenvalue weighted by Crippen LogP contribution is -2.43. The average Bonchev–Trinajstić information content (AvgIpc) is 3.45. The molecule has 3 atom stereocenters. The molecule has 3 heterocycles. The van der Waals surface area contributed by atoms with Crippen LogP contribution in [-0.2, 0) is 14.1 Å². The highest BCUT2D eigenvalue weighted by molar-refractivity contribution is 5.76. The van der Waals surface area contributed by atoms with E-state index in [2.05, 4.69) is 20.5 Å². The Balaban J connectivity index is 1.54. The van der Waals surface area contributed by atoms with E-state index in [1.54, 1.807) is 21.8 Å². The smallest absolute Gasteiger partial charge is 0.161 e. The van der Waals surface area contributed by atoms with Crippen LogP contribution in [0.3, 0.4) is 0 Å². The zero-order valence-corrected chi connectivity index (χ0v) is 18.6. The molecule has 0 aliphatic heterocycles.